The Morgan fingerprint density at radius 1 is 0.765 bits per heavy atom. The second kappa shape index (κ2) is 10.0. The van der Waals surface area contributed by atoms with Crippen LogP contribution in [0.1, 0.15) is 88.8 Å². The van der Waals surface area contributed by atoms with E-state index in [0.29, 0.717) is 18.8 Å². The number of hydrogen-bond acceptors (Lipinski definition) is 3. The van der Waals surface area contributed by atoms with Crippen molar-refractivity contribution in [2.75, 3.05) is 20.2 Å². The molecular formula is C30H45NO3. The summed E-state index contributed by atoms with van der Waals surface area (Å²) in [6, 6.07) is 4.40. The Morgan fingerprint density at radius 2 is 1.15 bits per heavy atom. The van der Waals surface area contributed by atoms with Crippen molar-refractivity contribution in [1.29, 1.82) is 0 Å². The van der Waals surface area contributed by atoms with E-state index in [-0.39, 0.29) is 16.9 Å². The zero-order valence-corrected chi connectivity index (χ0v) is 23.7. The summed E-state index contributed by atoms with van der Waals surface area (Å²) >= 11 is 0. The second-order valence-electron chi connectivity index (χ2n) is 11.4. The number of ether oxygens (including phenoxy) is 2. The van der Waals surface area contributed by atoms with Gasteiger partial charge in [0, 0.05) is 35.3 Å². The molecule has 0 radical (unpaired) electrons. The Labute approximate surface area is 207 Å². The minimum Gasteiger partial charge on any atom is -0.496 e. The van der Waals surface area contributed by atoms with E-state index in [1.165, 1.54) is 11.1 Å². The van der Waals surface area contributed by atoms with Crippen LogP contribution in [-0.4, -0.2) is 31.2 Å². The van der Waals surface area contributed by atoms with Gasteiger partial charge in [0.25, 0.3) is 0 Å². The molecule has 0 aliphatic carbocycles. The Morgan fingerprint density at radius 3 is 1.50 bits per heavy atom. The maximum absolute atomic E-state index is 13.2. The summed E-state index contributed by atoms with van der Waals surface area (Å²) in [6.45, 7) is 26.8. The van der Waals surface area contributed by atoms with Crippen LogP contribution in [0.4, 0.5) is 4.79 Å². The highest BCUT2D eigenvalue weighted by molar-refractivity contribution is 5.88. The molecule has 0 saturated carbocycles. The van der Waals surface area contributed by atoms with Gasteiger partial charge in [0.15, 0.2) is 0 Å². The third-order valence-corrected chi connectivity index (χ3v) is 6.88. The first-order valence-electron chi connectivity index (χ1n) is 12.4. The lowest BCUT2D eigenvalue weighted by atomic mass is 9.77. The third kappa shape index (κ3) is 5.26. The van der Waals surface area contributed by atoms with Gasteiger partial charge in [-0.1, -0.05) is 53.7 Å². The molecule has 0 fully saturated rings. The summed E-state index contributed by atoms with van der Waals surface area (Å²) < 4.78 is 12.4. The Bertz CT molecular complexity index is 1060. The van der Waals surface area contributed by atoms with Gasteiger partial charge in [0.05, 0.1) is 7.11 Å². The molecule has 0 heterocycles. The number of amides is 1. The van der Waals surface area contributed by atoms with Gasteiger partial charge in [-0.3, -0.25) is 0 Å². The highest BCUT2D eigenvalue weighted by Gasteiger charge is 2.32. The van der Waals surface area contributed by atoms with Crippen LogP contribution in [0, 0.1) is 27.7 Å². The smallest absolute Gasteiger partial charge is 0.415 e. The standard InChI is InChI=1S/C30H45NO3/c1-14-31(15-2)28(32)34-27-23(30(10,11)12)17-19(4)21(6)25(27)24-20(5)18(3)16-22(26(24)33-13)29(7,8)9/h16-17H,14-15H2,1-13H3. The molecule has 0 atom stereocenters. The number of carbonyl (C=O) groups is 1. The zero-order chi connectivity index (χ0) is 26.2. The van der Waals surface area contributed by atoms with Crippen LogP contribution >= 0.6 is 0 Å². The Hall–Kier alpha value is -2.49. The van der Waals surface area contributed by atoms with Crippen LogP contribution in [0.3, 0.4) is 0 Å². The number of hydrogen-bond donors (Lipinski definition) is 0. The summed E-state index contributed by atoms with van der Waals surface area (Å²) in [5.74, 6) is 1.49. The second-order valence-corrected chi connectivity index (χ2v) is 11.4. The van der Waals surface area contributed by atoms with E-state index < -0.39 is 0 Å². The number of benzene rings is 2. The van der Waals surface area contributed by atoms with Crippen LogP contribution < -0.4 is 9.47 Å². The van der Waals surface area contributed by atoms with Crippen molar-refractivity contribution in [3.8, 4) is 22.6 Å². The summed E-state index contributed by atoms with van der Waals surface area (Å²) in [5, 5.41) is 0. The zero-order valence-electron chi connectivity index (χ0n) is 23.7. The fourth-order valence-corrected chi connectivity index (χ4v) is 4.45. The monoisotopic (exact) mass is 467 g/mol. The quantitative estimate of drug-likeness (QED) is 0.447. The molecule has 0 saturated heterocycles. The molecule has 2 aromatic rings. The van der Waals surface area contributed by atoms with Crippen LogP contribution in [0.15, 0.2) is 12.1 Å². The van der Waals surface area contributed by atoms with Gasteiger partial charge in [-0.15, -0.1) is 0 Å². The van der Waals surface area contributed by atoms with E-state index in [0.717, 1.165) is 39.1 Å². The minimum atomic E-state index is -0.319. The van der Waals surface area contributed by atoms with Crippen molar-refractivity contribution in [3.05, 3.63) is 45.5 Å². The largest absolute Gasteiger partial charge is 0.496 e. The van der Waals surface area contributed by atoms with Gasteiger partial charge in [-0.25, -0.2) is 4.79 Å². The molecular weight excluding hydrogens is 422 g/mol. The summed E-state index contributed by atoms with van der Waals surface area (Å²) in [6.07, 6.45) is -0.319. The number of aryl methyl sites for hydroxylation is 2. The molecule has 4 nitrogen and oxygen atoms in total. The van der Waals surface area contributed by atoms with E-state index in [9.17, 15) is 4.79 Å². The predicted octanol–water partition coefficient (Wildman–Crippen LogP) is 8.03. The van der Waals surface area contributed by atoms with E-state index in [1.54, 1.807) is 12.0 Å². The highest BCUT2D eigenvalue weighted by atomic mass is 16.6. The van der Waals surface area contributed by atoms with Crippen LogP contribution in [0.5, 0.6) is 11.5 Å². The molecule has 2 aromatic carbocycles. The molecule has 1 amide bonds. The van der Waals surface area contributed by atoms with E-state index in [4.69, 9.17) is 9.47 Å². The lowest BCUT2D eigenvalue weighted by Gasteiger charge is -2.31. The SMILES string of the molecule is CCN(CC)C(=O)Oc1c(C(C)(C)C)cc(C)c(C)c1-c1c(C)c(C)cc(C(C)(C)C)c1OC. The van der Waals surface area contributed by atoms with Crippen molar-refractivity contribution in [1.82, 2.24) is 4.90 Å². The van der Waals surface area contributed by atoms with E-state index in [2.05, 4.69) is 81.4 Å². The molecule has 34 heavy (non-hydrogen) atoms. The molecule has 188 valence electrons. The molecule has 4 heteroatoms. The third-order valence-electron chi connectivity index (χ3n) is 6.88. The summed E-state index contributed by atoms with van der Waals surface area (Å²) in [4.78, 5) is 15.0. The molecule has 2 rings (SSSR count). The molecule has 0 aliphatic heterocycles. The maximum atomic E-state index is 13.2. The molecule has 0 bridgehead atoms. The van der Waals surface area contributed by atoms with Crippen molar-refractivity contribution in [2.45, 2.75) is 93.9 Å². The van der Waals surface area contributed by atoms with Crippen molar-refractivity contribution >= 4 is 6.09 Å². The molecule has 0 aromatic heterocycles. The van der Waals surface area contributed by atoms with E-state index in [1.807, 2.05) is 13.8 Å². The van der Waals surface area contributed by atoms with Gasteiger partial charge < -0.3 is 14.4 Å². The first-order chi connectivity index (χ1) is 15.6. The van der Waals surface area contributed by atoms with Gasteiger partial charge in [-0.05, 0) is 74.6 Å². The van der Waals surface area contributed by atoms with Crippen LogP contribution in [0.2, 0.25) is 0 Å². The lowest BCUT2D eigenvalue weighted by molar-refractivity contribution is 0.156. The Balaban J connectivity index is 3.10. The van der Waals surface area contributed by atoms with Gasteiger partial charge in [0.2, 0.25) is 0 Å². The first kappa shape index (κ1) is 27.8. The normalized spacial score (nSPS) is 12.0. The maximum Gasteiger partial charge on any atom is 0.415 e. The lowest BCUT2D eigenvalue weighted by Crippen LogP contribution is -2.34. The average molecular weight is 468 g/mol. The number of nitrogens with zero attached hydrogens (tertiary/aromatic N) is 1. The summed E-state index contributed by atoms with van der Waals surface area (Å²) in [7, 11) is 1.74. The highest BCUT2D eigenvalue weighted by Crippen LogP contribution is 2.50. The number of rotatable bonds is 5. The van der Waals surface area contributed by atoms with Gasteiger partial charge >= 0.3 is 6.09 Å². The molecule has 0 spiro atoms. The fraction of sp³-hybridized carbons (Fsp3) is 0.567. The topological polar surface area (TPSA) is 38.8 Å². The van der Waals surface area contributed by atoms with Crippen LogP contribution in [-0.2, 0) is 10.8 Å². The molecule has 0 unspecified atom stereocenters. The summed E-state index contributed by atoms with van der Waals surface area (Å²) in [5.41, 5.74) is 8.41. The number of methoxy groups -OCH3 is 1. The van der Waals surface area contributed by atoms with Gasteiger partial charge in [0.1, 0.15) is 11.5 Å². The number of carbonyl (C=O) groups excluding carboxylic acids is 1. The van der Waals surface area contributed by atoms with E-state index >= 15 is 0 Å². The van der Waals surface area contributed by atoms with Crippen molar-refractivity contribution in [3.63, 3.8) is 0 Å². The fourth-order valence-electron chi connectivity index (χ4n) is 4.45. The molecule has 0 aliphatic rings. The van der Waals surface area contributed by atoms with Crippen molar-refractivity contribution < 1.29 is 14.3 Å². The predicted molar refractivity (Wildman–Crippen MR) is 144 cm³/mol. The Kier molecular flexibility index (Phi) is 8.17. The van der Waals surface area contributed by atoms with Crippen molar-refractivity contribution in [2.24, 2.45) is 0 Å². The van der Waals surface area contributed by atoms with Crippen LogP contribution in [0.25, 0.3) is 11.1 Å². The first-order valence-corrected chi connectivity index (χ1v) is 12.4. The van der Waals surface area contributed by atoms with Gasteiger partial charge in [-0.2, -0.15) is 0 Å². The average Bonchev–Trinajstić information content (AvgIpc) is 2.72. The molecule has 0 N–H and O–H groups in total. The minimum absolute atomic E-state index is 0.110.